The van der Waals surface area contributed by atoms with Crippen molar-refractivity contribution in [3.63, 3.8) is 0 Å². The molecule has 3 rings (SSSR count). The molecule has 2 aromatic rings. The van der Waals surface area contributed by atoms with E-state index in [1.54, 1.807) is 18.2 Å². The number of imide groups is 1. The van der Waals surface area contributed by atoms with E-state index in [2.05, 4.69) is 40.0 Å². The van der Waals surface area contributed by atoms with Crippen molar-refractivity contribution in [3.05, 3.63) is 58.1 Å². The average molecular weight is 444 g/mol. The Kier molecular flexibility index (Phi) is 6.14. The summed E-state index contributed by atoms with van der Waals surface area (Å²) in [7, 11) is 0. The minimum absolute atomic E-state index is 0.0461. The van der Waals surface area contributed by atoms with Gasteiger partial charge in [-0.2, -0.15) is 0 Å². The number of nitrogens with one attached hydrogen (secondary N) is 1. The molecule has 1 aliphatic heterocycles. The molecular formula is C21H22BrN3O3. The third-order valence-electron chi connectivity index (χ3n) is 4.77. The Hall–Kier alpha value is -2.67. The van der Waals surface area contributed by atoms with Crippen LogP contribution in [0.3, 0.4) is 0 Å². The molecule has 0 bridgehead atoms. The summed E-state index contributed by atoms with van der Waals surface area (Å²) < 4.78 is 0.736. The van der Waals surface area contributed by atoms with E-state index in [9.17, 15) is 14.4 Å². The third-order valence-corrected chi connectivity index (χ3v) is 5.27. The van der Waals surface area contributed by atoms with Gasteiger partial charge in [-0.15, -0.1) is 0 Å². The Morgan fingerprint density at radius 1 is 1.00 bits per heavy atom. The second-order valence-corrected chi connectivity index (χ2v) is 7.38. The van der Waals surface area contributed by atoms with Gasteiger partial charge in [-0.3, -0.25) is 19.3 Å². The van der Waals surface area contributed by atoms with Crippen LogP contribution < -0.4 is 10.2 Å². The molecule has 1 aliphatic rings. The van der Waals surface area contributed by atoms with Crippen molar-refractivity contribution in [2.24, 2.45) is 0 Å². The van der Waals surface area contributed by atoms with Crippen LogP contribution in [0.1, 0.15) is 41.0 Å². The van der Waals surface area contributed by atoms with Crippen molar-refractivity contribution in [2.45, 2.75) is 20.3 Å². The molecule has 1 heterocycles. The summed E-state index contributed by atoms with van der Waals surface area (Å²) >= 11 is 3.31. The highest BCUT2D eigenvalue weighted by Gasteiger charge is 2.35. The molecule has 0 spiro atoms. The van der Waals surface area contributed by atoms with Crippen molar-refractivity contribution >= 4 is 45.0 Å². The van der Waals surface area contributed by atoms with E-state index in [4.69, 9.17) is 0 Å². The number of halogens is 1. The molecule has 0 saturated carbocycles. The van der Waals surface area contributed by atoms with Crippen LogP contribution in [-0.4, -0.2) is 42.3 Å². The van der Waals surface area contributed by atoms with Crippen molar-refractivity contribution in [1.82, 2.24) is 4.90 Å². The van der Waals surface area contributed by atoms with Crippen molar-refractivity contribution in [1.29, 1.82) is 0 Å². The van der Waals surface area contributed by atoms with Gasteiger partial charge in [0.1, 0.15) is 0 Å². The Bertz CT molecular complexity index is 908. The van der Waals surface area contributed by atoms with E-state index in [1.807, 2.05) is 24.3 Å². The summed E-state index contributed by atoms with van der Waals surface area (Å²) in [5, 5.41) is 2.81. The van der Waals surface area contributed by atoms with Crippen LogP contribution in [0.2, 0.25) is 0 Å². The zero-order chi connectivity index (χ0) is 20.3. The van der Waals surface area contributed by atoms with E-state index in [0.29, 0.717) is 16.8 Å². The van der Waals surface area contributed by atoms with Crippen LogP contribution in [0, 0.1) is 0 Å². The smallest absolute Gasteiger partial charge is 0.261 e. The van der Waals surface area contributed by atoms with Gasteiger partial charge in [-0.25, -0.2) is 0 Å². The molecule has 1 N–H and O–H groups in total. The second kappa shape index (κ2) is 8.56. The fourth-order valence-corrected chi connectivity index (χ4v) is 3.61. The molecule has 0 unspecified atom stereocenters. The zero-order valence-corrected chi connectivity index (χ0v) is 17.5. The monoisotopic (exact) mass is 443 g/mol. The maximum atomic E-state index is 12.4. The fraction of sp³-hybridized carbons (Fsp3) is 0.286. The van der Waals surface area contributed by atoms with E-state index in [0.717, 1.165) is 28.1 Å². The molecule has 0 aliphatic carbocycles. The number of rotatable bonds is 7. The van der Waals surface area contributed by atoms with Gasteiger partial charge in [-0.05, 0) is 56.3 Å². The SMILES string of the molecule is CCN(CC)c1ccc(NC(=O)CCN2C(=O)c3ccc(Br)cc3C2=O)cc1. The highest BCUT2D eigenvalue weighted by Crippen LogP contribution is 2.26. The van der Waals surface area contributed by atoms with Gasteiger partial charge in [0.25, 0.3) is 11.8 Å². The molecule has 146 valence electrons. The van der Waals surface area contributed by atoms with E-state index in [-0.39, 0.29) is 30.7 Å². The maximum Gasteiger partial charge on any atom is 0.261 e. The van der Waals surface area contributed by atoms with E-state index < -0.39 is 0 Å². The Morgan fingerprint density at radius 3 is 2.29 bits per heavy atom. The van der Waals surface area contributed by atoms with Crippen LogP contribution in [0.5, 0.6) is 0 Å². The average Bonchev–Trinajstić information content (AvgIpc) is 2.92. The van der Waals surface area contributed by atoms with Gasteiger partial charge in [0.15, 0.2) is 0 Å². The molecule has 3 amide bonds. The zero-order valence-electron chi connectivity index (χ0n) is 15.9. The number of amides is 3. The quantitative estimate of drug-likeness (QED) is 0.658. The van der Waals surface area contributed by atoms with Crippen LogP contribution in [0.15, 0.2) is 46.9 Å². The van der Waals surface area contributed by atoms with Crippen molar-refractivity contribution in [2.75, 3.05) is 29.9 Å². The summed E-state index contributed by atoms with van der Waals surface area (Å²) in [5.41, 5.74) is 2.53. The molecule has 28 heavy (non-hydrogen) atoms. The molecule has 6 nitrogen and oxygen atoms in total. The number of anilines is 2. The molecule has 7 heteroatoms. The summed E-state index contributed by atoms with van der Waals surface area (Å²) in [6, 6.07) is 12.6. The predicted octanol–water partition coefficient (Wildman–Crippen LogP) is 3.92. The standard InChI is InChI=1S/C21H22BrN3O3/c1-3-24(4-2)16-8-6-15(7-9-16)23-19(26)11-12-25-20(27)17-10-5-14(22)13-18(17)21(25)28/h5-10,13H,3-4,11-12H2,1-2H3,(H,23,26). The van der Waals surface area contributed by atoms with Gasteiger partial charge in [-0.1, -0.05) is 15.9 Å². The largest absolute Gasteiger partial charge is 0.372 e. The lowest BCUT2D eigenvalue weighted by Gasteiger charge is -2.21. The fourth-order valence-electron chi connectivity index (χ4n) is 3.25. The Labute approximate surface area is 172 Å². The topological polar surface area (TPSA) is 69.7 Å². The van der Waals surface area contributed by atoms with Crippen LogP contribution in [-0.2, 0) is 4.79 Å². The lowest BCUT2D eigenvalue weighted by molar-refractivity contribution is -0.116. The minimum Gasteiger partial charge on any atom is -0.372 e. The highest BCUT2D eigenvalue weighted by atomic mass is 79.9. The number of nitrogens with zero attached hydrogens (tertiary/aromatic N) is 2. The molecule has 0 radical (unpaired) electrons. The second-order valence-electron chi connectivity index (χ2n) is 6.47. The lowest BCUT2D eigenvalue weighted by atomic mass is 10.1. The molecule has 0 fully saturated rings. The highest BCUT2D eigenvalue weighted by molar-refractivity contribution is 9.10. The number of benzene rings is 2. The van der Waals surface area contributed by atoms with Crippen LogP contribution >= 0.6 is 15.9 Å². The molecule has 0 saturated heterocycles. The lowest BCUT2D eigenvalue weighted by Crippen LogP contribution is -2.32. The Balaban J connectivity index is 1.58. The molecule has 0 atom stereocenters. The first-order valence-electron chi connectivity index (χ1n) is 9.25. The number of hydrogen-bond acceptors (Lipinski definition) is 4. The predicted molar refractivity (Wildman–Crippen MR) is 113 cm³/mol. The maximum absolute atomic E-state index is 12.4. The molecular weight excluding hydrogens is 422 g/mol. The summed E-state index contributed by atoms with van der Waals surface area (Å²) in [6.07, 6.45) is 0.0461. The normalized spacial score (nSPS) is 12.9. The van der Waals surface area contributed by atoms with E-state index in [1.165, 1.54) is 0 Å². The van der Waals surface area contributed by atoms with Gasteiger partial charge in [0, 0.05) is 41.9 Å². The van der Waals surface area contributed by atoms with E-state index >= 15 is 0 Å². The number of fused-ring (bicyclic) bond motifs is 1. The van der Waals surface area contributed by atoms with Crippen molar-refractivity contribution in [3.8, 4) is 0 Å². The summed E-state index contributed by atoms with van der Waals surface area (Å²) in [4.78, 5) is 40.4. The van der Waals surface area contributed by atoms with Crippen LogP contribution in [0.25, 0.3) is 0 Å². The van der Waals surface area contributed by atoms with Crippen molar-refractivity contribution < 1.29 is 14.4 Å². The van der Waals surface area contributed by atoms with Crippen LogP contribution in [0.4, 0.5) is 11.4 Å². The third kappa shape index (κ3) is 4.09. The van der Waals surface area contributed by atoms with Gasteiger partial charge in [0.05, 0.1) is 11.1 Å². The summed E-state index contributed by atoms with van der Waals surface area (Å²) in [5.74, 6) is -0.963. The number of hydrogen-bond donors (Lipinski definition) is 1. The summed E-state index contributed by atoms with van der Waals surface area (Å²) in [6.45, 7) is 6.07. The van der Waals surface area contributed by atoms with Gasteiger partial charge >= 0.3 is 0 Å². The van der Waals surface area contributed by atoms with Gasteiger partial charge < -0.3 is 10.2 Å². The molecule has 0 aromatic heterocycles. The van der Waals surface area contributed by atoms with Gasteiger partial charge in [0.2, 0.25) is 5.91 Å². The molecule has 2 aromatic carbocycles. The first kappa shape index (κ1) is 20.1. The number of carbonyl (C=O) groups excluding carboxylic acids is 3. The first-order valence-corrected chi connectivity index (χ1v) is 10.0. The number of carbonyl (C=O) groups is 3. The Morgan fingerprint density at radius 2 is 1.64 bits per heavy atom. The first-order chi connectivity index (χ1) is 13.4. The minimum atomic E-state index is -0.363.